The molecule has 2 N–H and O–H groups in total. The number of hydrogen-bond acceptors (Lipinski definition) is 4. The summed E-state index contributed by atoms with van der Waals surface area (Å²) in [5, 5.41) is 0. The molecule has 1 saturated heterocycles. The minimum Gasteiger partial charge on any atom is -0.372 e. The van der Waals surface area contributed by atoms with Crippen LogP contribution >= 0.6 is 11.8 Å². The molecule has 0 bridgehead atoms. The lowest BCUT2D eigenvalue weighted by molar-refractivity contribution is -0.115. The molecule has 2 unspecified atom stereocenters. The van der Waals surface area contributed by atoms with E-state index in [0.29, 0.717) is 18.7 Å². The minimum atomic E-state index is -0.393. The fraction of sp³-hybridized carbons (Fsp3) is 0.467. The average Bonchev–Trinajstić information content (AvgIpc) is 2.43. The maximum atomic E-state index is 12.7. The van der Waals surface area contributed by atoms with Crippen LogP contribution in [0.25, 0.3) is 0 Å². The van der Waals surface area contributed by atoms with E-state index in [1.165, 1.54) is 11.8 Å². The highest BCUT2D eigenvalue weighted by Crippen LogP contribution is 2.24. The lowest BCUT2D eigenvalue weighted by Crippen LogP contribution is -2.48. The topological polar surface area (TPSA) is 72.6 Å². The van der Waals surface area contributed by atoms with Gasteiger partial charge in [-0.15, -0.1) is 11.8 Å². The lowest BCUT2D eigenvalue weighted by atomic mass is 10.1. The number of hydrogen-bond donors (Lipinski definition) is 1. The molecular formula is C15H20N2O3S. The standard InChI is InChI=1S/C15H20N2O3S/c1-10-7-17(8-11(2)20-10)15(19)12-5-3-4-6-13(12)21-9-14(16)18/h3-6,10-11H,7-9H2,1-2H3,(H2,16,18). The van der Waals surface area contributed by atoms with Crippen molar-refractivity contribution in [1.82, 2.24) is 4.90 Å². The second kappa shape index (κ2) is 6.95. The molecule has 2 atom stereocenters. The zero-order valence-electron chi connectivity index (χ0n) is 12.2. The SMILES string of the molecule is CC1CN(C(=O)c2ccccc2SCC(N)=O)CC(C)O1. The Bertz CT molecular complexity index is 525. The molecule has 0 aliphatic carbocycles. The molecule has 1 aromatic rings. The Morgan fingerprint density at radius 2 is 1.90 bits per heavy atom. The number of ether oxygens (including phenoxy) is 1. The number of morpholine rings is 1. The first kappa shape index (κ1) is 15.9. The molecule has 114 valence electrons. The van der Waals surface area contributed by atoms with Crippen LogP contribution in [0.3, 0.4) is 0 Å². The van der Waals surface area contributed by atoms with Gasteiger partial charge in [-0.1, -0.05) is 12.1 Å². The monoisotopic (exact) mass is 308 g/mol. The molecule has 6 heteroatoms. The summed E-state index contributed by atoms with van der Waals surface area (Å²) in [7, 11) is 0. The van der Waals surface area contributed by atoms with Crippen LogP contribution in [0.2, 0.25) is 0 Å². The van der Waals surface area contributed by atoms with Gasteiger partial charge in [-0.25, -0.2) is 0 Å². The van der Waals surface area contributed by atoms with Crippen molar-refractivity contribution in [2.75, 3.05) is 18.8 Å². The van der Waals surface area contributed by atoms with Crippen molar-refractivity contribution in [2.45, 2.75) is 31.0 Å². The van der Waals surface area contributed by atoms with E-state index in [9.17, 15) is 9.59 Å². The van der Waals surface area contributed by atoms with Gasteiger partial charge in [0.25, 0.3) is 5.91 Å². The van der Waals surface area contributed by atoms with Crippen molar-refractivity contribution in [1.29, 1.82) is 0 Å². The molecule has 1 aliphatic rings. The van der Waals surface area contributed by atoms with E-state index in [1.54, 1.807) is 6.07 Å². The highest BCUT2D eigenvalue weighted by molar-refractivity contribution is 8.00. The summed E-state index contributed by atoms with van der Waals surface area (Å²) in [6.45, 7) is 5.09. The van der Waals surface area contributed by atoms with E-state index in [0.717, 1.165) is 4.90 Å². The molecule has 1 heterocycles. The number of amides is 2. The van der Waals surface area contributed by atoms with Crippen LogP contribution in [0.1, 0.15) is 24.2 Å². The van der Waals surface area contributed by atoms with E-state index >= 15 is 0 Å². The molecule has 1 fully saturated rings. The molecule has 2 amide bonds. The van der Waals surface area contributed by atoms with Crippen LogP contribution in [-0.2, 0) is 9.53 Å². The molecule has 2 rings (SSSR count). The van der Waals surface area contributed by atoms with Crippen LogP contribution in [0, 0.1) is 0 Å². The summed E-state index contributed by atoms with van der Waals surface area (Å²) in [5.74, 6) is -0.249. The molecule has 1 aliphatic heterocycles. The van der Waals surface area contributed by atoms with Gasteiger partial charge in [0.2, 0.25) is 5.91 Å². The third-order valence-electron chi connectivity index (χ3n) is 3.19. The first-order valence-electron chi connectivity index (χ1n) is 6.92. The van der Waals surface area contributed by atoms with Crippen molar-refractivity contribution >= 4 is 23.6 Å². The van der Waals surface area contributed by atoms with Crippen LogP contribution in [-0.4, -0.2) is 47.8 Å². The number of rotatable bonds is 4. The summed E-state index contributed by atoms with van der Waals surface area (Å²) in [4.78, 5) is 26.2. The van der Waals surface area contributed by atoms with E-state index in [2.05, 4.69) is 0 Å². The Morgan fingerprint density at radius 3 is 2.52 bits per heavy atom. The molecule has 0 radical (unpaired) electrons. The maximum absolute atomic E-state index is 12.7. The summed E-state index contributed by atoms with van der Waals surface area (Å²) in [5.41, 5.74) is 5.79. The zero-order chi connectivity index (χ0) is 15.4. The number of thioether (sulfide) groups is 1. The first-order chi connectivity index (χ1) is 9.97. The number of primary amides is 1. The summed E-state index contributed by atoms with van der Waals surface area (Å²) >= 11 is 1.30. The maximum Gasteiger partial charge on any atom is 0.255 e. The van der Waals surface area contributed by atoms with Crippen LogP contribution < -0.4 is 5.73 Å². The largest absolute Gasteiger partial charge is 0.372 e. The van der Waals surface area contributed by atoms with Gasteiger partial charge in [0.15, 0.2) is 0 Å². The van der Waals surface area contributed by atoms with Gasteiger partial charge in [0.1, 0.15) is 0 Å². The summed E-state index contributed by atoms with van der Waals surface area (Å²) in [6.07, 6.45) is 0.0614. The number of nitrogens with two attached hydrogens (primary N) is 1. The zero-order valence-corrected chi connectivity index (χ0v) is 13.1. The molecule has 5 nitrogen and oxygen atoms in total. The van der Waals surface area contributed by atoms with Crippen molar-refractivity contribution in [3.8, 4) is 0 Å². The Hall–Kier alpha value is -1.53. The third-order valence-corrected chi connectivity index (χ3v) is 4.29. The predicted molar refractivity (Wildman–Crippen MR) is 82.3 cm³/mol. The van der Waals surface area contributed by atoms with Gasteiger partial charge < -0.3 is 15.4 Å². The minimum absolute atomic E-state index is 0.0235. The first-order valence-corrected chi connectivity index (χ1v) is 7.90. The second-order valence-corrected chi connectivity index (χ2v) is 6.24. The van der Waals surface area contributed by atoms with Crippen LogP contribution in [0.4, 0.5) is 0 Å². The molecule has 1 aromatic carbocycles. The van der Waals surface area contributed by atoms with E-state index in [4.69, 9.17) is 10.5 Å². The smallest absolute Gasteiger partial charge is 0.255 e. The lowest BCUT2D eigenvalue weighted by Gasteiger charge is -2.35. The second-order valence-electron chi connectivity index (χ2n) is 5.22. The van der Waals surface area contributed by atoms with Crippen LogP contribution in [0.15, 0.2) is 29.2 Å². The van der Waals surface area contributed by atoms with Gasteiger partial charge in [-0.05, 0) is 26.0 Å². The highest BCUT2D eigenvalue weighted by Gasteiger charge is 2.27. The van der Waals surface area contributed by atoms with E-state index < -0.39 is 5.91 Å². The molecular weight excluding hydrogens is 288 g/mol. The van der Waals surface area contributed by atoms with Gasteiger partial charge in [0.05, 0.1) is 23.5 Å². The third kappa shape index (κ3) is 4.22. The summed E-state index contributed by atoms with van der Waals surface area (Å²) < 4.78 is 5.65. The molecule has 0 spiro atoms. The molecule has 0 aromatic heterocycles. The average molecular weight is 308 g/mol. The van der Waals surface area contributed by atoms with Crippen molar-refractivity contribution in [3.05, 3.63) is 29.8 Å². The number of nitrogens with zero attached hydrogens (tertiary/aromatic N) is 1. The van der Waals surface area contributed by atoms with Crippen LogP contribution in [0.5, 0.6) is 0 Å². The number of carbonyl (C=O) groups excluding carboxylic acids is 2. The van der Waals surface area contributed by atoms with E-state index in [-0.39, 0.29) is 23.9 Å². The van der Waals surface area contributed by atoms with Gasteiger partial charge >= 0.3 is 0 Å². The van der Waals surface area contributed by atoms with Crippen molar-refractivity contribution in [2.24, 2.45) is 5.73 Å². The van der Waals surface area contributed by atoms with Crippen molar-refractivity contribution < 1.29 is 14.3 Å². The normalized spacial score (nSPS) is 22.1. The van der Waals surface area contributed by atoms with Gasteiger partial charge in [0, 0.05) is 18.0 Å². The van der Waals surface area contributed by atoms with Gasteiger partial charge in [-0.2, -0.15) is 0 Å². The quantitative estimate of drug-likeness (QED) is 0.856. The fourth-order valence-corrected chi connectivity index (χ4v) is 3.22. The summed E-state index contributed by atoms with van der Waals surface area (Å²) in [6, 6.07) is 7.31. The number of carbonyl (C=O) groups is 2. The van der Waals surface area contributed by atoms with Gasteiger partial charge in [-0.3, -0.25) is 9.59 Å². The van der Waals surface area contributed by atoms with Crippen molar-refractivity contribution in [3.63, 3.8) is 0 Å². The Kier molecular flexibility index (Phi) is 5.25. The molecule has 21 heavy (non-hydrogen) atoms. The number of benzene rings is 1. The Morgan fingerprint density at radius 1 is 1.29 bits per heavy atom. The predicted octanol–water partition coefficient (Wildman–Crippen LogP) is 1.51. The Labute approximate surface area is 128 Å². The fourth-order valence-electron chi connectivity index (χ4n) is 2.43. The molecule has 0 saturated carbocycles. The van der Waals surface area contributed by atoms with E-state index in [1.807, 2.05) is 36.9 Å². The highest BCUT2D eigenvalue weighted by atomic mass is 32.2. The Balaban J connectivity index is 2.16.